The molecule has 0 unspecified atom stereocenters. The molecule has 0 aliphatic carbocycles. The van der Waals surface area contributed by atoms with E-state index in [0.29, 0.717) is 17.0 Å². The van der Waals surface area contributed by atoms with Crippen molar-refractivity contribution in [2.45, 2.75) is 6.92 Å². The fourth-order valence-corrected chi connectivity index (χ4v) is 1.19. The fourth-order valence-electron chi connectivity index (χ4n) is 1.04. The van der Waals surface area contributed by atoms with Crippen LogP contribution in [0.1, 0.15) is 5.89 Å². The van der Waals surface area contributed by atoms with Gasteiger partial charge in [-0.2, -0.15) is 0 Å². The molecule has 0 saturated heterocycles. The van der Waals surface area contributed by atoms with Crippen molar-refractivity contribution in [1.29, 1.82) is 0 Å². The van der Waals surface area contributed by atoms with Gasteiger partial charge < -0.3 is 4.42 Å². The summed E-state index contributed by atoms with van der Waals surface area (Å²) < 4.78 is 18.0. The number of hydrogen-bond donors (Lipinski definition) is 0. The predicted octanol–water partition coefficient (Wildman–Crippen LogP) is 2.93. The largest absolute Gasteiger partial charge is 0.441 e. The van der Waals surface area contributed by atoms with Gasteiger partial charge in [0.25, 0.3) is 0 Å². The van der Waals surface area contributed by atoms with Gasteiger partial charge in [0.05, 0.1) is 5.02 Å². The summed E-state index contributed by atoms with van der Waals surface area (Å²) in [5.74, 6) is 0.0316. The Hall–Kier alpha value is -1.09. The maximum atomic E-state index is 12.8. The Kier molecular flexibility index (Phi) is 1.54. The number of benzene rings is 1. The molecule has 2 nitrogen and oxygen atoms in total. The lowest BCUT2D eigenvalue weighted by atomic mass is 10.3. The van der Waals surface area contributed by atoms with E-state index in [4.69, 9.17) is 16.0 Å². The summed E-state index contributed by atoms with van der Waals surface area (Å²) >= 11 is 5.53. The first-order valence-electron chi connectivity index (χ1n) is 3.39. The molecule has 0 aliphatic rings. The molecule has 0 fully saturated rings. The summed E-state index contributed by atoms with van der Waals surface area (Å²) in [6.45, 7) is 1.70. The molecule has 1 heterocycles. The molecule has 0 bridgehead atoms. The van der Waals surface area contributed by atoms with E-state index in [-0.39, 0.29) is 5.02 Å². The third-order valence-corrected chi connectivity index (χ3v) is 1.83. The fraction of sp³-hybridized carbons (Fsp3) is 0.125. The minimum absolute atomic E-state index is 0.0543. The van der Waals surface area contributed by atoms with Crippen LogP contribution in [0.3, 0.4) is 0 Å². The number of rotatable bonds is 0. The van der Waals surface area contributed by atoms with Gasteiger partial charge in [0.1, 0.15) is 11.3 Å². The van der Waals surface area contributed by atoms with Crippen LogP contribution in [-0.4, -0.2) is 4.98 Å². The monoisotopic (exact) mass is 185 g/mol. The van der Waals surface area contributed by atoms with Crippen LogP contribution < -0.4 is 0 Å². The van der Waals surface area contributed by atoms with Crippen molar-refractivity contribution in [3.05, 3.63) is 28.9 Å². The second-order valence-corrected chi connectivity index (χ2v) is 2.87. The van der Waals surface area contributed by atoms with Crippen molar-refractivity contribution in [1.82, 2.24) is 4.98 Å². The average Bonchev–Trinajstić information content (AvgIpc) is 2.30. The van der Waals surface area contributed by atoms with E-state index in [2.05, 4.69) is 4.98 Å². The van der Waals surface area contributed by atoms with Crippen molar-refractivity contribution >= 4 is 22.7 Å². The van der Waals surface area contributed by atoms with Crippen molar-refractivity contribution in [3.8, 4) is 0 Å². The summed E-state index contributed by atoms with van der Waals surface area (Å²) in [6.07, 6.45) is 0. The molecule has 1 aromatic heterocycles. The minimum Gasteiger partial charge on any atom is -0.441 e. The highest BCUT2D eigenvalue weighted by atomic mass is 35.5. The Labute approximate surface area is 73.0 Å². The summed E-state index contributed by atoms with van der Waals surface area (Å²) in [5, 5.41) is 0.0543. The zero-order chi connectivity index (χ0) is 8.72. The van der Waals surface area contributed by atoms with Gasteiger partial charge in [-0.25, -0.2) is 9.37 Å². The standard InChI is InChI=1S/C8H5ClFNO/c1-4-11-7-3-6(10)5(9)2-8(7)12-4/h2-3H,1H3. The van der Waals surface area contributed by atoms with Crippen LogP contribution in [0.5, 0.6) is 0 Å². The smallest absolute Gasteiger partial charge is 0.192 e. The van der Waals surface area contributed by atoms with Gasteiger partial charge in [0.15, 0.2) is 11.5 Å². The molecular formula is C8H5ClFNO. The summed E-state index contributed by atoms with van der Waals surface area (Å²) in [4.78, 5) is 3.95. The molecule has 0 spiro atoms. The van der Waals surface area contributed by atoms with Crippen LogP contribution in [0.4, 0.5) is 4.39 Å². The third kappa shape index (κ3) is 1.06. The number of aryl methyl sites for hydroxylation is 1. The lowest BCUT2D eigenvalue weighted by Gasteiger charge is -1.90. The first-order chi connectivity index (χ1) is 5.66. The van der Waals surface area contributed by atoms with Gasteiger partial charge in [0.2, 0.25) is 0 Å². The van der Waals surface area contributed by atoms with E-state index in [1.807, 2.05) is 0 Å². The molecule has 0 saturated carbocycles. The Morgan fingerprint density at radius 1 is 1.50 bits per heavy atom. The molecule has 0 radical (unpaired) electrons. The Balaban J connectivity index is 2.83. The van der Waals surface area contributed by atoms with E-state index in [1.54, 1.807) is 6.92 Å². The molecule has 2 aromatic rings. The second-order valence-electron chi connectivity index (χ2n) is 2.47. The molecule has 0 atom stereocenters. The molecule has 0 aliphatic heterocycles. The van der Waals surface area contributed by atoms with Crippen molar-refractivity contribution in [2.24, 2.45) is 0 Å². The predicted molar refractivity (Wildman–Crippen MR) is 43.7 cm³/mol. The number of oxazole rings is 1. The van der Waals surface area contributed by atoms with Crippen LogP contribution in [0, 0.1) is 12.7 Å². The quantitative estimate of drug-likeness (QED) is 0.631. The van der Waals surface area contributed by atoms with E-state index in [9.17, 15) is 4.39 Å². The third-order valence-electron chi connectivity index (χ3n) is 1.54. The SMILES string of the molecule is Cc1nc2cc(F)c(Cl)cc2o1. The highest BCUT2D eigenvalue weighted by molar-refractivity contribution is 6.31. The first kappa shape index (κ1) is 7.55. The van der Waals surface area contributed by atoms with E-state index in [1.165, 1.54) is 12.1 Å². The van der Waals surface area contributed by atoms with Gasteiger partial charge >= 0.3 is 0 Å². The number of hydrogen-bond acceptors (Lipinski definition) is 2. The number of nitrogens with zero attached hydrogens (tertiary/aromatic N) is 1. The van der Waals surface area contributed by atoms with Crippen LogP contribution in [0.15, 0.2) is 16.5 Å². The maximum absolute atomic E-state index is 12.8. The molecule has 62 valence electrons. The van der Waals surface area contributed by atoms with Crippen LogP contribution in [-0.2, 0) is 0 Å². The van der Waals surface area contributed by atoms with Crippen molar-refractivity contribution in [2.75, 3.05) is 0 Å². The van der Waals surface area contributed by atoms with Gasteiger partial charge in [-0.05, 0) is 0 Å². The zero-order valence-electron chi connectivity index (χ0n) is 6.27. The maximum Gasteiger partial charge on any atom is 0.192 e. The molecule has 4 heteroatoms. The van der Waals surface area contributed by atoms with Crippen molar-refractivity contribution in [3.63, 3.8) is 0 Å². The highest BCUT2D eigenvalue weighted by Crippen LogP contribution is 2.22. The van der Waals surface area contributed by atoms with E-state index < -0.39 is 5.82 Å². The first-order valence-corrected chi connectivity index (χ1v) is 3.77. The summed E-state index contributed by atoms with van der Waals surface area (Å²) in [5.41, 5.74) is 1.01. The van der Waals surface area contributed by atoms with E-state index >= 15 is 0 Å². The number of fused-ring (bicyclic) bond motifs is 1. The lowest BCUT2D eigenvalue weighted by molar-refractivity contribution is 0.560. The van der Waals surface area contributed by atoms with Crippen LogP contribution in [0.2, 0.25) is 5.02 Å². The highest BCUT2D eigenvalue weighted by Gasteiger charge is 2.06. The van der Waals surface area contributed by atoms with E-state index in [0.717, 1.165) is 0 Å². The van der Waals surface area contributed by atoms with Crippen LogP contribution >= 0.6 is 11.6 Å². The summed E-state index contributed by atoms with van der Waals surface area (Å²) in [7, 11) is 0. The number of aromatic nitrogens is 1. The topological polar surface area (TPSA) is 26.0 Å². The van der Waals surface area contributed by atoms with Crippen LogP contribution in [0.25, 0.3) is 11.1 Å². The molecule has 0 amide bonds. The average molecular weight is 186 g/mol. The Bertz CT molecular complexity index is 399. The summed E-state index contributed by atoms with van der Waals surface area (Å²) in [6, 6.07) is 2.68. The molecule has 0 N–H and O–H groups in total. The molecular weight excluding hydrogens is 181 g/mol. The molecule has 1 aromatic carbocycles. The van der Waals surface area contributed by atoms with Crippen molar-refractivity contribution < 1.29 is 8.81 Å². The van der Waals surface area contributed by atoms with Gasteiger partial charge in [-0.1, -0.05) is 11.6 Å². The second kappa shape index (κ2) is 2.45. The molecule has 2 rings (SSSR count). The zero-order valence-corrected chi connectivity index (χ0v) is 7.02. The Morgan fingerprint density at radius 2 is 2.25 bits per heavy atom. The number of halogens is 2. The van der Waals surface area contributed by atoms with Gasteiger partial charge in [0, 0.05) is 19.1 Å². The minimum atomic E-state index is -0.475. The molecule has 12 heavy (non-hydrogen) atoms. The lowest BCUT2D eigenvalue weighted by Crippen LogP contribution is -1.76. The van der Waals surface area contributed by atoms with Gasteiger partial charge in [-0.15, -0.1) is 0 Å². The normalized spacial score (nSPS) is 10.9. The van der Waals surface area contributed by atoms with Gasteiger partial charge in [-0.3, -0.25) is 0 Å². The Morgan fingerprint density at radius 3 is 3.00 bits per heavy atom.